The van der Waals surface area contributed by atoms with Gasteiger partial charge in [-0.3, -0.25) is 9.40 Å². The van der Waals surface area contributed by atoms with E-state index in [2.05, 4.69) is 19.7 Å². The fourth-order valence-electron chi connectivity index (χ4n) is 3.68. The number of halogens is 1. The standard InChI is InChI=1S/C24H27N5O7S.ClH/c1-4-15-5-6-18(35-14-22(30)34-3)21(9-15)37(31,32)28-24-23-19(33-2)7-16(8-20(23)36-27-24)12-29-13-17(10-25)11-26-29;/h5-9,11,13H,4,10,12,14,25H2,1-3H3,(H,27,28);1H. The molecule has 0 aliphatic rings. The van der Waals surface area contributed by atoms with Gasteiger partial charge >= 0.3 is 5.97 Å². The van der Waals surface area contributed by atoms with Gasteiger partial charge in [-0.1, -0.05) is 18.1 Å². The molecule has 0 saturated carbocycles. The average molecular weight is 566 g/mol. The van der Waals surface area contributed by atoms with E-state index in [0.29, 0.717) is 36.2 Å². The molecule has 0 bridgehead atoms. The van der Waals surface area contributed by atoms with Gasteiger partial charge in [0.25, 0.3) is 10.0 Å². The van der Waals surface area contributed by atoms with Gasteiger partial charge in [0.05, 0.1) is 27.0 Å². The molecule has 3 N–H and O–H groups in total. The Kier molecular flexibility index (Phi) is 9.20. The van der Waals surface area contributed by atoms with E-state index in [1.165, 1.54) is 26.4 Å². The van der Waals surface area contributed by atoms with Gasteiger partial charge < -0.3 is 24.5 Å². The van der Waals surface area contributed by atoms with Crippen LogP contribution >= 0.6 is 12.4 Å². The zero-order valence-corrected chi connectivity index (χ0v) is 22.6. The first-order chi connectivity index (χ1) is 17.8. The van der Waals surface area contributed by atoms with E-state index in [-0.39, 0.29) is 28.9 Å². The number of aromatic nitrogens is 3. The van der Waals surface area contributed by atoms with Crippen LogP contribution in [-0.2, 0) is 39.1 Å². The second-order valence-electron chi connectivity index (χ2n) is 8.06. The van der Waals surface area contributed by atoms with Gasteiger partial charge in [0, 0.05) is 18.3 Å². The molecule has 0 aliphatic heterocycles. The summed E-state index contributed by atoms with van der Waals surface area (Å²) >= 11 is 0. The van der Waals surface area contributed by atoms with Gasteiger partial charge in [-0.2, -0.15) is 5.10 Å². The Bertz CT molecular complexity index is 1530. The van der Waals surface area contributed by atoms with Gasteiger partial charge in [-0.25, -0.2) is 13.2 Å². The SMILES string of the molecule is CCc1ccc(OCC(=O)OC)c(S(=O)(=O)Nc2noc3cc(Cn4cc(CN)cn4)cc(OC)c23)c1.Cl. The largest absolute Gasteiger partial charge is 0.496 e. The summed E-state index contributed by atoms with van der Waals surface area (Å²) in [6.45, 7) is 2.24. The van der Waals surface area contributed by atoms with Crippen LogP contribution in [0.3, 0.4) is 0 Å². The van der Waals surface area contributed by atoms with Crippen molar-refractivity contribution in [2.24, 2.45) is 5.73 Å². The summed E-state index contributed by atoms with van der Waals surface area (Å²) in [6, 6.07) is 8.18. The van der Waals surface area contributed by atoms with Crippen molar-refractivity contribution in [1.82, 2.24) is 14.9 Å². The van der Waals surface area contributed by atoms with Crippen LogP contribution in [-0.4, -0.2) is 50.2 Å². The van der Waals surface area contributed by atoms with Crippen molar-refractivity contribution in [2.45, 2.75) is 31.3 Å². The fourth-order valence-corrected chi connectivity index (χ4v) is 4.88. The van der Waals surface area contributed by atoms with Crippen molar-refractivity contribution < 1.29 is 31.9 Å². The number of hydrogen-bond acceptors (Lipinski definition) is 10. The molecule has 204 valence electrons. The topological polar surface area (TPSA) is 161 Å². The van der Waals surface area contributed by atoms with Gasteiger partial charge in [0.15, 0.2) is 18.0 Å². The van der Waals surface area contributed by atoms with Crippen LogP contribution in [0.2, 0.25) is 0 Å². The maximum Gasteiger partial charge on any atom is 0.343 e. The van der Waals surface area contributed by atoms with E-state index >= 15 is 0 Å². The summed E-state index contributed by atoms with van der Waals surface area (Å²) in [6.07, 6.45) is 4.11. The quantitative estimate of drug-likeness (QED) is 0.259. The smallest absolute Gasteiger partial charge is 0.343 e. The first-order valence-corrected chi connectivity index (χ1v) is 12.8. The maximum absolute atomic E-state index is 13.4. The number of anilines is 1. The number of sulfonamides is 1. The number of hydrogen-bond donors (Lipinski definition) is 2. The zero-order chi connectivity index (χ0) is 26.6. The number of fused-ring (bicyclic) bond motifs is 1. The summed E-state index contributed by atoms with van der Waals surface area (Å²) < 4.78 is 52.0. The van der Waals surface area contributed by atoms with E-state index < -0.39 is 22.6 Å². The lowest BCUT2D eigenvalue weighted by atomic mass is 10.1. The van der Waals surface area contributed by atoms with Crippen LogP contribution in [0.1, 0.15) is 23.6 Å². The molecule has 0 atom stereocenters. The molecule has 38 heavy (non-hydrogen) atoms. The van der Waals surface area contributed by atoms with E-state index in [0.717, 1.165) is 16.7 Å². The highest BCUT2D eigenvalue weighted by atomic mass is 35.5. The van der Waals surface area contributed by atoms with Crippen LogP contribution in [0.25, 0.3) is 11.0 Å². The number of ether oxygens (including phenoxy) is 3. The first-order valence-electron chi connectivity index (χ1n) is 11.3. The Morgan fingerprint density at radius 1 is 1.13 bits per heavy atom. The van der Waals surface area contributed by atoms with Gasteiger partial charge in [0.1, 0.15) is 21.8 Å². The summed E-state index contributed by atoms with van der Waals surface area (Å²) in [4.78, 5) is 11.4. The number of carbonyl (C=O) groups is 1. The number of rotatable bonds is 11. The van der Waals surface area contributed by atoms with Crippen molar-refractivity contribution in [2.75, 3.05) is 25.5 Å². The number of nitrogens with zero attached hydrogens (tertiary/aromatic N) is 3. The Morgan fingerprint density at radius 3 is 2.58 bits per heavy atom. The highest BCUT2D eigenvalue weighted by Gasteiger charge is 2.25. The molecule has 2 aromatic heterocycles. The van der Waals surface area contributed by atoms with E-state index in [1.54, 1.807) is 29.1 Å². The molecular weight excluding hydrogens is 538 g/mol. The Balaban J connectivity index is 0.00000400. The predicted molar refractivity (Wildman–Crippen MR) is 141 cm³/mol. The molecular formula is C24H28ClN5O7S. The highest BCUT2D eigenvalue weighted by Crippen LogP contribution is 2.36. The van der Waals surface area contributed by atoms with Gasteiger partial charge in [-0.05, 0) is 41.8 Å². The lowest BCUT2D eigenvalue weighted by molar-refractivity contribution is -0.142. The number of aryl methyl sites for hydroxylation is 1. The number of esters is 1. The van der Waals surface area contributed by atoms with Crippen LogP contribution in [0.15, 0.2) is 52.1 Å². The van der Waals surface area contributed by atoms with Crippen molar-refractivity contribution in [3.05, 3.63) is 59.4 Å². The molecule has 14 heteroatoms. The predicted octanol–water partition coefficient (Wildman–Crippen LogP) is 2.88. The second kappa shape index (κ2) is 12.2. The molecule has 0 amide bonds. The molecule has 2 heterocycles. The lowest BCUT2D eigenvalue weighted by Gasteiger charge is -2.13. The normalized spacial score (nSPS) is 11.2. The summed E-state index contributed by atoms with van der Waals surface area (Å²) in [7, 11) is -1.53. The Hall–Kier alpha value is -3.81. The number of nitrogens with two attached hydrogens (primary N) is 1. The van der Waals surface area contributed by atoms with Crippen molar-refractivity contribution in [1.29, 1.82) is 0 Å². The number of nitrogens with one attached hydrogen (secondary N) is 1. The van der Waals surface area contributed by atoms with Gasteiger partial charge in [-0.15, -0.1) is 12.4 Å². The van der Waals surface area contributed by atoms with Crippen LogP contribution in [0, 0.1) is 0 Å². The Labute approximate surface area is 225 Å². The fraction of sp³-hybridized carbons (Fsp3) is 0.292. The van der Waals surface area contributed by atoms with Crippen LogP contribution in [0.4, 0.5) is 5.82 Å². The molecule has 0 aliphatic carbocycles. The molecule has 12 nitrogen and oxygen atoms in total. The van der Waals surface area contributed by atoms with Gasteiger partial charge in [0.2, 0.25) is 0 Å². The van der Waals surface area contributed by atoms with Crippen LogP contribution < -0.4 is 19.9 Å². The Morgan fingerprint density at radius 2 is 1.92 bits per heavy atom. The van der Waals surface area contributed by atoms with Crippen molar-refractivity contribution in [3.63, 3.8) is 0 Å². The number of methoxy groups -OCH3 is 2. The lowest BCUT2D eigenvalue weighted by Crippen LogP contribution is -2.18. The molecule has 0 radical (unpaired) electrons. The summed E-state index contributed by atoms with van der Waals surface area (Å²) in [5.41, 5.74) is 8.43. The van der Waals surface area contributed by atoms with E-state index in [4.69, 9.17) is 19.7 Å². The minimum Gasteiger partial charge on any atom is -0.496 e. The minimum atomic E-state index is -4.21. The molecule has 4 aromatic rings. The number of carbonyl (C=O) groups excluding carboxylic acids is 1. The first kappa shape index (κ1) is 28.8. The maximum atomic E-state index is 13.4. The van der Waals surface area contributed by atoms with E-state index in [9.17, 15) is 13.2 Å². The minimum absolute atomic E-state index is 0. The molecule has 0 unspecified atom stereocenters. The third kappa shape index (κ3) is 6.18. The molecule has 4 rings (SSSR count). The molecule has 0 spiro atoms. The average Bonchev–Trinajstić information content (AvgIpc) is 3.53. The second-order valence-corrected chi connectivity index (χ2v) is 9.71. The van der Waals surface area contributed by atoms with Crippen LogP contribution in [0.5, 0.6) is 11.5 Å². The van der Waals surface area contributed by atoms with Crippen molar-refractivity contribution in [3.8, 4) is 11.5 Å². The van der Waals surface area contributed by atoms with E-state index in [1.807, 2.05) is 13.1 Å². The summed E-state index contributed by atoms with van der Waals surface area (Å²) in [5, 5.41) is 8.57. The monoisotopic (exact) mass is 565 g/mol. The number of benzene rings is 2. The zero-order valence-electron chi connectivity index (χ0n) is 21.0. The molecule has 0 fully saturated rings. The third-order valence-corrected chi connectivity index (χ3v) is 6.96. The van der Waals surface area contributed by atoms with Crippen molar-refractivity contribution >= 4 is 45.2 Å². The third-order valence-electron chi connectivity index (χ3n) is 5.59. The molecule has 2 aromatic carbocycles. The highest BCUT2D eigenvalue weighted by molar-refractivity contribution is 7.92. The summed E-state index contributed by atoms with van der Waals surface area (Å²) in [5.74, 6) is -0.340. The molecule has 0 saturated heterocycles.